The molecule has 35 heavy (non-hydrogen) atoms. The molecule has 1 heterocycles. The summed E-state index contributed by atoms with van der Waals surface area (Å²) in [6.07, 6.45) is 1.33. The van der Waals surface area contributed by atoms with E-state index < -0.39 is 16.1 Å². The monoisotopic (exact) mass is 517 g/mol. The number of thioether (sulfide) groups is 1. The molecule has 0 aromatic heterocycles. The van der Waals surface area contributed by atoms with Gasteiger partial charge in [0, 0.05) is 45.3 Å². The summed E-state index contributed by atoms with van der Waals surface area (Å²) in [4.78, 5) is 27.4. The quantitative estimate of drug-likeness (QED) is 0.507. The zero-order chi connectivity index (χ0) is 26.1. The molecule has 0 spiro atoms. The van der Waals surface area contributed by atoms with Gasteiger partial charge in [0.1, 0.15) is 5.75 Å². The first-order chi connectivity index (χ1) is 16.2. The number of urea groups is 1. The second-order valence-corrected chi connectivity index (χ2v) is 12.3. The summed E-state index contributed by atoms with van der Waals surface area (Å²) in [5.74, 6) is 0.376. The third-order valence-electron chi connectivity index (χ3n) is 5.46. The third-order valence-corrected chi connectivity index (χ3v) is 7.21. The van der Waals surface area contributed by atoms with Crippen LogP contribution >= 0.6 is 11.8 Å². The van der Waals surface area contributed by atoms with Gasteiger partial charge in [-0.2, -0.15) is 0 Å². The number of ether oxygens (including phenoxy) is 1. The number of amides is 3. The number of aryl methyl sites for hydroxylation is 1. The Morgan fingerprint density at radius 1 is 1.20 bits per heavy atom. The van der Waals surface area contributed by atoms with Crippen LogP contribution in [0.4, 0.5) is 16.2 Å². The van der Waals surface area contributed by atoms with Gasteiger partial charge in [0.15, 0.2) is 0 Å². The van der Waals surface area contributed by atoms with E-state index in [1.54, 1.807) is 24.1 Å². The lowest BCUT2D eigenvalue weighted by Crippen LogP contribution is -2.49. The van der Waals surface area contributed by atoms with Crippen LogP contribution in [0.2, 0.25) is 0 Å². The van der Waals surface area contributed by atoms with E-state index in [0.717, 1.165) is 27.8 Å². The minimum Gasteiger partial charge on any atom is -0.496 e. The van der Waals surface area contributed by atoms with Gasteiger partial charge in [-0.15, -0.1) is 0 Å². The second-order valence-electron chi connectivity index (χ2n) is 9.46. The summed E-state index contributed by atoms with van der Waals surface area (Å²) >= 11 is 1.43. The van der Waals surface area contributed by atoms with Crippen molar-refractivity contribution in [3.8, 4) is 5.75 Å². The van der Waals surface area contributed by atoms with Crippen molar-refractivity contribution in [2.45, 2.75) is 44.4 Å². The van der Waals surface area contributed by atoms with E-state index in [2.05, 4.69) is 37.4 Å². The van der Waals surface area contributed by atoms with E-state index in [0.29, 0.717) is 22.0 Å². The van der Waals surface area contributed by atoms with Crippen molar-refractivity contribution >= 4 is 50.0 Å². The molecule has 0 unspecified atom stereocenters. The molecule has 2 aromatic carbocycles. The average molecular weight is 518 g/mol. The van der Waals surface area contributed by atoms with Crippen molar-refractivity contribution in [2.24, 2.45) is 0 Å². The SMILES string of the molecule is C=C(Sc1ccc(NS(C)(=O)=O)cc1C)c1cc(N2CCC(=O)NC2=O)cc(C(C)(C)C)c1OC. The van der Waals surface area contributed by atoms with Gasteiger partial charge in [-0.3, -0.25) is 19.7 Å². The highest BCUT2D eigenvalue weighted by Gasteiger charge is 2.29. The molecule has 0 saturated carbocycles. The lowest BCUT2D eigenvalue weighted by molar-refractivity contribution is -0.120. The van der Waals surface area contributed by atoms with Crippen molar-refractivity contribution in [3.63, 3.8) is 0 Å². The van der Waals surface area contributed by atoms with Crippen LogP contribution in [0.3, 0.4) is 0 Å². The van der Waals surface area contributed by atoms with Crippen LogP contribution in [0, 0.1) is 6.92 Å². The third kappa shape index (κ3) is 6.37. The fraction of sp³-hybridized carbons (Fsp3) is 0.360. The fourth-order valence-electron chi connectivity index (χ4n) is 3.79. The summed E-state index contributed by atoms with van der Waals surface area (Å²) in [7, 11) is -1.77. The Kier molecular flexibility index (Phi) is 7.56. The molecule has 0 radical (unpaired) electrons. The number of anilines is 2. The highest BCUT2D eigenvalue weighted by Crippen LogP contribution is 2.45. The number of carbonyl (C=O) groups excluding carboxylic acids is 2. The molecule has 1 aliphatic rings. The van der Waals surface area contributed by atoms with Gasteiger partial charge >= 0.3 is 6.03 Å². The minimum absolute atomic E-state index is 0.223. The zero-order valence-electron chi connectivity index (χ0n) is 20.8. The molecule has 188 valence electrons. The van der Waals surface area contributed by atoms with E-state index in [-0.39, 0.29) is 24.3 Å². The molecular formula is C25H31N3O5S2. The first-order valence-corrected chi connectivity index (χ1v) is 13.7. The van der Waals surface area contributed by atoms with E-state index in [1.165, 1.54) is 11.8 Å². The highest BCUT2D eigenvalue weighted by molar-refractivity contribution is 8.08. The number of nitrogens with one attached hydrogen (secondary N) is 2. The highest BCUT2D eigenvalue weighted by atomic mass is 32.2. The number of benzene rings is 2. The average Bonchev–Trinajstić information content (AvgIpc) is 2.73. The maximum atomic E-state index is 12.6. The Morgan fingerprint density at radius 2 is 1.89 bits per heavy atom. The van der Waals surface area contributed by atoms with Crippen LogP contribution in [0.25, 0.3) is 4.91 Å². The predicted octanol–water partition coefficient (Wildman–Crippen LogP) is 4.88. The Balaban J connectivity index is 2.03. The van der Waals surface area contributed by atoms with Crippen molar-refractivity contribution in [2.75, 3.05) is 29.5 Å². The Labute approximate surface area is 211 Å². The molecule has 2 N–H and O–H groups in total. The number of imide groups is 1. The summed E-state index contributed by atoms with van der Waals surface area (Å²) in [5, 5.41) is 2.37. The number of nitrogens with zero attached hydrogens (tertiary/aromatic N) is 1. The first-order valence-electron chi connectivity index (χ1n) is 11.0. The number of sulfonamides is 1. The van der Waals surface area contributed by atoms with Crippen LogP contribution < -0.4 is 19.7 Å². The molecule has 10 heteroatoms. The molecular weight excluding hydrogens is 486 g/mol. The van der Waals surface area contributed by atoms with Crippen LogP contribution in [0.15, 0.2) is 41.8 Å². The van der Waals surface area contributed by atoms with E-state index >= 15 is 0 Å². The molecule has 1 fully saturated rings. The Hall–Kier alpha value is -2.98. The Bertz CT molecular complexity index is 1300. The summed E-state index contributed by atoms with van der Waals surface area (Å²) in [6.45, 7) is 12.7. The molecule has 0 aliphatic carbocycles. The summed E-state index contributed by atoms with van der Waals surface area (Å²) < 4.78 is 31.4. The molecule has 3 rings (SSSR count). The zero-order valence-corrected chi connectivity index (χ0v) is 22.4. The van der Waals surface area contributed by atoms with Gasteiger partial charge in [0.2, 0.25) is 15.9 Å². The van der Waals surface area contributed by atoms with Crippen molar-refractivity contribution in [1.82, 2.24) is 5.32 Å². The lowest BCUT2D eigenvalue weighted by atomic mass is 9.84. The molecule has 1 aliphatic heterocycles. The first kappa shape index (κ1) is 26.6. The normalized spacial score (nSPS) is 14.5. The number of carbonyl (C=O) groups is 2. The standard InChI is InChI=1S/C25H31N3O5S2/c1-15-12-17(27-35(7,31)32)8-9-21(15)34-16(2)19-13-18(28-11-10-22(29)26-24(28)30)14-20(23(19)33-6)25(3,4)5/h8-9,12-14,27H,2,10-11H2,1,3-7H3,(H,26,29,30). The molecule has 3 amide bonds. The number of rotatable bonds is 7. The minimum atomic E-state index is -3.37. The maximum absolute atomic E-state index is 12.6. The number of hydrogen-bond acceptors (Lipinski definition) is 6. The molecule has 8 nitrogen and oxygen atoms in total. The molecule has 0 atom stereocenters. The van der Waals surface area contributed by atoms with E-state index in [1.807, 2.05) is 25.1 Å². The van der Waals surface area contributed by atoms with Gasteiger partial charge in [0.25, 0.3) is 0 Å². The topological polar surface area (TPSA) is 105 Å². The van der Waals surface area contributed by atoms with Gasteiger partial charge in [-0.1, -0.05) is 39.1 Å². The maximum Gasteiger partial charge on any atom is 0.328 e. The number of hydrogen-bond donors (Lipinski definition) is 2. The van der Waals surface area contributed by atoms with Gasteiger partial charge in [-0.05, 0) is 48.2 Å². The summed E-state index contributed by atoms with van der Waals surface area (Å²) in [5.41, 5.74) is 3.37. The van der Waals surface area contributed by atoms with Gasteiger partial charge in [0.05, 0.1) is 13.4 Å². The predicted molar refractivity (Wildman–Crippen MR) is 142 cm³/mol. The van der Waals surface area contributed by atoms with Crippen LogP contribution in [-0.4, -0.2) is 40.3 Å². The Morgan fingerprint density at radius 3 is 2.43 bits per heavy atom. The van der Waals surface area contributed by atoms with Gasteiger partial charge < -0.3 is 4.74 Å². The van der Waals surface area contributed by atoms with Crippen LogP contribution in [0.5, 0.6) is 5.75 Å². The van der Waals surface area contributed by atoms with E-state index in [9.17, 15) is 18.0 Å². The van der Waals surface area contributed by atoms with E-state index in [4.69, 9.17) is 4.74 Å². The van der Waals surface area contributed by atoms with Gasteiger partial charge in [-0.25, -0.2) is 13.2 Å². The van der Waals surface area contributed by atoms with Crippen LogP contribution in [-0.2, 0) is 20.2 Å². The molecule has 1 saturated heterocycles. The van der Waals surface area contributed by atoms with Crippen molar-refractivity contribution in [1.29, 1.82) is 0 Å². The largest absolute Gasteiger partial charge is 0.496 e. The van der Waals surface area contributed by atoms with Crippen molar-refractivity contribution in [3.05, 3.63) is 53.6 Å². The summed E-state index contributed by atoms with van der Waals surface area (Å²) in [6, 6.07) is 8.62. The molecule has 0 bridgehead atoms. The smallest absolute Gasteiger partial charge is 0.328 e. The fourth-order valence-corrected chi connectivity index (χ4v) is 5.23. The number of methoxy groups -OCH3 is 1. The van der Waals surface area contributed by atoms with Crippen LogP contribution in [0.1, 0.15) is 43.9 Å². The molecule has 2 aromatic rings. The van der Waals surface area contributed by atoms with Crippen molar-refractivity contribution < 1.29 is 22.7 Å². The second kappa shape index (κ2) is 9.94. The lowest BCUT2D eigenvalue weighted by Gasteiger charge is -2.31.